The fourth-order valence-corrected chi connectivity index (χ4v) is 6.53. The molecule has 7 heteroatoms. The Kier molecular flexibility index (Phi) is 4.98. The second-order valence-corrected chi connectivity index (χ2v) is 10.4. The fourth-order valence-electron chi connectivity index (χ4n) is 6.26. The number of hydrogen-bond donors (Lipinski definition) is 0. The van der Waals surface area contributed by atoms with Crippen molar-refractivity contribution in [1.29, 1.82) is 0 Å². The first-order chi connectivity index (χ1) is 16.1. The molecule has 0 saturated carbocycles. The molecule has 3 atom stereocenters. The molecule has 0 fully saturated rings. The lowest BCUT2D eigenvalue weighted by Crippen LogP contribution is -2.46. The van der Waals surface area contributed by atoms with Crippen LogP contribution in [0.3, 0.4) is 0 Å². The minimum absolute atomic E-state index is 0.0721. The van der Waals surface area contributed by atoms with Crippen molar-refractivity contribution in [3.05, 3.63) is 76.1 Å². The Bertz CT molecular complexity index is 1300. The first-order valence-corrected chi connectivity index (χ1v) is 12.5. The number of aromatic nitrogens is 5. The average Bonchev–Trinajstić information content (AvgIpc) is 3.45. The van der Waals surface area contributed by atoms with Gasteiger partial charge >= 0.3 is 0 Å². The molecule has 6 rings (SSSR count). The second kappa shape index (κ2) is 7.90. The molecule has 3 aromatic heterocycles. The average molecular weight is 504 g/mol. The van der Waals surface area contributed by atoms with E-state index in [9.17, 15) is 0 Å². The van der Waals surface area contributed by atoms with Crippen LogP contribution in [0.4, 0.5) is 0 Å². The Hall–Kier alpha value is -2.80. The van der Waals surface area contributed by atoms with E-state index in [1.54, 1.807) is 12.5 Å². The third-order valence-corrected chi connectivity index (χ3v) is 8.13. The summed E-state index contributed by atoms with van der Waals surface area (Å²) in [5.74, 6) is 1.97. The summed E-state index contributed by atoms with van der Waals surface area (Å²) in [4.78, 5) is 8.68. The van der Waals surface area contributed by atoms with Crippen LogP contribution in [0.5, 0.6) is 0 Å². The third kappa shape index (κ3) is 3.20. The number of fused-ring (bicyclic) bond motifs is 4. The number of halogens is 1. The minimum atomic E-state index is -0.0721. The van der Waals surface area contributed by atoms with Crippen molar-refractivity contribution in [3.8, 4) is 17.1 Å². The van der Waals surface area contributed by atoms with Crippen LogP contribution < -0.4 is 0 Å². The van der Waals surface area contributed by atoms with Crippen molar-refractivity contribution >= 4 is 15.9 Å². The zero-order valence-electron chi connectivity index (χ0n) is 18.8. The van der Waals surface area contributed by atoms with E-state index in [1.807, 2.05) is 12.3 Å². The molecule has 0 amide bonds. The van der Waals surface area contributed by atoms with Crippen LogP contribution in [0.2, 0.25) is 0 Å². The largest absolute Gasteiger partial charge is 0.361 e. The zero-order chi connectivity index (χ0) is 22.6. The topological polar surface area (TPSA) is 69.6 Å². The smallest absolute Gasteiger partial charge is 0.143 e. The van der Waals surface area contributed by atoms with Crippen molar-refractivity contribution in [3.63, 3.8) is 0 Å². The first-order valence-electron chi connectivity index (χ1n) is 11.7. The summed E-state index contributed by atoms with van der Waals surface area (Å²) in [7, 11) is 0. The molecule has 0 spiro atoms. The molecule has 0 saturated heterocycles. The molecule has 0 aliphatic heterocycles. The summed E-state index contributed by atoms with van der Waals surface area (Å²) in [5, 5.41) is 9.39. The predicted molar refractivity (Wildman–Crippen MR) is 129 cm³/mol. The van der Waals surface area contributed by atoms with E-state index >= 15 is 0 Å². The van der Waals surface area contributed by atoms with Crippen LogP contribution in [0.1, 0.15) is 61.6 Å². The van der Waals surface area contributed by atoms with E-state index in [0.29, 0.717) is 11.8 Å². The van der Waals surface area contributed by atoms with Crippen LogP contribution in [-0.4, -0.2) is 24.9 Å². The van der Waals surface area contributed by atoms with Gasteiger partial charge in [0, 0.05) is 33.1 Å². The predicted octanol–water partition coefficient (Wildman–Crippen LogP) is 6.04. The van der Waals surface area contributed by atoms with Gasteiger partial charge in [-0.05, 0) is 61.9 Å². The Morgan fingerprint density at radius 3 is 2.82 bits per heavy atom. The first kappa shape index (κ1) is 20.8. The standard InChI is InChI=1S/C26H26BrN5O/c1-3-4-19-21-10-9-20-23(22-11-12-28-15-29-22)31-32(18-7-5-17(27)6-8-18)25(20)26(21,2)13-16-14-30-33-24(16)19/h5-8,11-12,14-15,19,21H,3-4,9-10,13H2,1-2H3/t19-,21-,26-/m1/s1. The van der Waals surface area contributed by atoms with Crippen LogP contribution in [0, 0.1) is 5.92 Å². The van der Waals surface area contributed by atoms with Crippen molar-refractivity contribution in [1.82, 2.24) is 24.9 Å². The molecule has 168 valence electrons. The van der Waals surface area contributed by atoms with Gasteiger partial charge in [0.2, 0.25) is 0 Å². The maximum Gasteiger partial charge on any atom is 0.143 e. The fraction of sp³-hybridized carbons (Fsp3) is 0.385. The molecule has 0 N–H and O–H groups in total. The van der Waals surface area contributed by atoms with Gasteiger partial charge in [-0.2, -0.15) is 5.10 Å². The van der Waals surface area contributed by atoms with E-state index in [1.165, 1.54) is 16.8 Å². The second-order valence-electron chi connectivity index (χ2n) is 9.51. The van der Waals surface area contributed by atoms with Crippen molar-refractivity contribution in [2.24, 2.45) is 5.92 Å². The van der Waals surface area contributed by atoms with Gasteiger partial charge < -0.3 is 4.52 Å². The Labute approximate surface area is 201 Å². The lowest BCUT2D eigenvalue weighted by atomic mass is 9.55. The Balaban J connectivity index is 1.60. The van der Waals surface area contributed by atoms with E-state index < -0.39 is 0 Å². The van der Waals surface area contributed by atoms with Gasteiger partial charge in [-0.15, -0.1) is 0 Å². The van der Waals surface area contributed by atoms with Gasteiger partial charge in [0.1, 0.15) is 17.8 Å². The van der Waals surface area contributed by atoms with Gasteiger partial charge in [-0.25, -0.2) is 14.6 Å². The summed E-state index contributed by atoms with van der Waals surface area (Å²) in [6.07, 6.45) is 10.6. The highest BCUT2D eigenvalue weighted by molar-refractivity contribution is 9.10. The number of nitrogens with zero attached hydrogens (tertiary/aromatic N) is 5. The molecule has 33 heavy (non-hydrogen) atoms. The van der Waals surface area contributed by atoms with Gasteiger partial charge in [-0.3, -0.25) is 0 Å². The van der Waals surface area contributed by atoms with E-state index in [2.05, 4.69) is 73.8 Å². The molecule has 0 radical (unpaired) electrons. The number of hydrogen-bond acceptors (Lipinski definition) is 5. The van der Waals surface area contributed by atoms with Gasteiger partial charge in [0.15, 0.2) is 0 Å². The number of benzene rings is 1. The van der Waals surface area contributed by atoms with E-state index in [4.69, 9.17) is 9.62 Å². The molecule has 2 aliphatic rings. The number of rotatable bonds is 4. The summed E-state index contributed by atoms with van der Waals surface area (Å²) in [5.41, 5.74) is 6.71. The maximum atomic E-state index is 5.81. The molecule has 2 aliphatic carbocycles. The quantitative estimate of drug-likeness (QED) is 0.339. The van der Waals surface area contributed by atoms with Gasteiger partial charge in [-0.1, -0.05) is 41.4 Å². The van der Waals surface area contributed by atoms with E-state index in [0.717, 1.165) is 59.4 Å². The third-order valence-electron chi connectivity index (χ3n) is 7.60. The molecule has 6 nitrogen and oxygen atoms in total. The highest BCUT2D eigenvalue weighted by Crippen LogP contribution is 2.56. The maximum absolute atomic E-state index is 5.81. The van der Waals surface area contributed by atoms with Crippen LogP contribution in [-0.2, 0) is 18.3 Å². The highest BCUT2D eigenvalue weighted by Gasteiger charge is 2.52. The minimum Gasteiger partial charge on any atom is -0.361 e. The molecule has 0 unspecified atom stereocenters. The van der Waals surface area contributed by atoms with E-state index in [-0.39, 0.29) is 5.41 Å². The summed E-state index contributed by atoms with van der Waals surface area (Å²) in [6, 6.07) is 10.4. The van der Waals surface area contributed by atoms with Crippen LogP contribution >= 0.6 is 15.9 Å². The molecule has 1 aromatic carbocycles. The molecular formula is C26H26BrN5O. The Morgan fingerprint density at radius 2 is 2.06 bits per heavy atom. The van der Waals surface area contributed by atoms with Crippen molar-refractivity contribution < 1.29 is 4.52 Å². The normalized spacial score (nSPS) is 23.6. The molecular weight excluding hydrogens is 478 g/mol. The molecule has 0 bridgehead atoms. The summed E-state index contributed by atoms with van der Waals surface area (Å²) >= 11 is 3.58. The van der Waals surface area contributed by atoms with Crippen LogP contribution in [0.15, 0.2) is 58.0 Å². The van der Waals surface area contributed by atoms with Crippen molar-refractivity contribution in [2.75, 3.05) is 0 Å². The Morgan fingerprint density at radius 1 is 1.21 bits per heavy atom. The van der Waals surface area contributed by atoms with Crippen molar-refractivity contribution in [2.45, 2.75) is 57.3 Å². The molecule has 3 heterocycles. The monoisotopic (exact) mass is 503 g/mol. The lowest BCUT2D eigenvalue weighted by Gasteiger charge is -2.48. The van der Waals surface area contributed by atoms with Crippen LogP contribution in [0.25, 0.3) is 17.1 Å². The SMILES string of the molecule is CCC[C@H]1c2oncc2C[C@@]2(C)c3c(c(-c4ccncn4)nn3-c3ccc(Br)cc3)CC[C@H]12. The summed E-state index contributed by atoms with van der Waals surface area (Å²) in [6.45, 7) is 4.69. The highest BCUT2D eigenvalue weighted by atomic mass is 79.9. The molecule has 4 aromatic rings. The summed E-state index contributed by atoms with van der Waals surface area (Å²) < 4.78 is 9.04. The van der Waals surface area contributed by atoms with Gasteiger partial charge in [0.25, 0.3) is 0 Å². The zero-order valence-corrected chi connectivity index (χ0v) is 20.4. The lowest BCUT2D eigenvalue weighted by molar-refractivity contribution is 0.155. The van der Waals surface area contributed by atoms with Gasteiger partial charge in [0.05, 0.1) is 23.3 Å².